The van der Waals surface area contributed by atoms with E-state index in [9.17, 15) is 4.79 Å². The number of thiophene rings is 1. The topological polar surface area (TPSA) is 35.5 Å². The maximum Gasteiger partial charge on any atom is 0.310 e. The molecule has 0 aliphatic heterocycles. The molecule has 0 aliphatic rings. The van der Waals surface area contributed by atoms with E-state index in [-0.39, 0.29) is 12.4 Å². The number of hydrogen-bond donors (Lipinski definition) is 0. The van der Waals surface area contributed by atoms with E-state index in [1.807, 2.05) is 41.8 Å². The summed E-state index contributed by atoms with van der Waals surface area (Å²) in [6.07, 6.45) is 0.214. The Balaban J connectivity index is 1.65. The van der Waals surface area contributed by atoms with Crippen molar-refractivity contribution in [3.63, 3.8) is 0 Å². The van der Waals surface area contributed by atoms with Crippen LogP contribution in [-0.4, -0.2) is 13.1 Å². The summed E-state index contributed by atoms with van der Waals surface area (Å²) in [5, 5.41) is 3.19. The molecule has 3 rings (SSSR count). The standard InChI is InChI=1S/C18H16O3S/c1-20-16-8-4-2-6-13(16)10-18(19)21-11-14-12-22-17-9-5-3-7-15(14)17/h2-9,12H,10-11H2,1H3. The van der Waals surface area contributed by atoms with Gasteiger partial charge in [-0.15, -0.1) is 11.3 Å². The van der Waals surface area contributed by atoms with Gasteiger partial charge in [0.05, 0.1) is 13.5 Å². The zero-order chi connectivity index (χ0) is 15.4. The van der Waals surface area contributed by atoms with Gasteiger partial charge in [0, 0.05) is 15.8 Å². The number of carbonyl (C=O) groups is 1. The SMILES string of the molecule is COc1ccccc1CC(=O)OCc1csc2ccccc12. The Labute approximate surface area is 133 Å². The lowest BCUT2D eigenvalue weighted by molar-refractivity contribution is -0.144. The van der Waals surface area contributed by atoms with E-state index in [1.54, 1.807) is 18.4 Å². The first-order chi connectivity index (χ1) is 10.8. The van der Waals surface area contributed by atoms with Crippen molar-refractivity contribution >= 4 is 27.4 Å². The predicted octanol–water partition coefficient (Wildman–Crippen LogP) is 4.20. The van der Waals surface area contributed by atoms with Gasteiger partial charge in [-0.3, -0.25) is 4.79 Å². The normalized spacial score (nSPS) is 10.6. The minimum Gasteiger partial charge on any atom is -0.496 e. The fourth-order valence-electron chi connectivity index (χ4n) is 2.36. The van der Waals surface area contributed by atoms with Gasteiger partial charge in [-0.25, -0.2) is 0 Å². The molecular formula is C18H16O3S. The van der Waals surface area contributed by atoms with E-state index in [2.05, 4.69) is 12.1 Å². The molecule has 1 heterocycles. The average Bonchev–Trinajstić information content (AvgIpc) is 2.97. The lowest BCUT2D eigenvalue weighted by Gasteiger charge is -2.08. The maximum absolute atomic E-state index is 12.0. The summed E-state index contributed by atoms with van der Waals surface area (Å²) >= 11 is 1.66. The van der Waals surface area contributed by atoms with Crippen molar-refractivity contribution in [3.05, 3.63) is 65.0 Å². The molecule has 0 radical (unpaired) electrons. The Morgan fingerprint density at radius 3 is 2.68 bits per heavy atom. The van der Waals surface area contributed by atoms with Crippen molar-refractivity contribution in [2.75, 3.05) is 7.11 Å². The number of carbonyl (C=O) groups excluding carboxylic acids is 1. The fourth-order valence-corrected chi connectivity index (χ4v) is 3.31. The first-order valence-electron chi connectivity index (χ1n) is 7.00. The van der Waals surface area contributed by atoms with Gasteiger partial charge in [0.25, 0.3) is 0 Å². The highest BCUT2D eigenvalue weighted by Gasteiger charge is 2.11. The summed E-state index contributed by atoms with van der Waals surface area (Å²) in [7, 11) is 1.60. The molecule has 0 unspecified atom stereocenters. The third kappa shape index (κ3) is 3.12. The molecule has 112 valence electrons. The summed E-state index contributed by atoms with van der Waals surface area (Å²) in [4.78, 5) is 12.0. The van der Waals surface area contributed by atoms with Crippen LogP contribution < -0.4 is 4.74 Å². The van der Waals surface area contributed by atoms with Gasteiger partial charge < -0.3 is 9.47 Å². The zero-order valence-corrected chi connectivity index (χ0v) is 13.1. The Kier molecular flexibility index (Phi) is 4.39. The maximum atomic E-state index is 12.0. The molecule has 0 bridgehead atoms. The van der Waals surface area contributed by atoms with E-state index < -0.39 is 0 Å². The Hall–Kier alpha value is -2.33. The Morgan fingerprint density at radius 2 is 1.82 bits per heavy atom. The van der Waals surface area contributed by atoms with Crippen LogP contribution in [0.2, 0.25) is 0 Å². The van der Waals surface area contributed by atoms with Gasteiger partial charge in [0.1, 0.15) is 12.4 Å². The first-order valence-corrected chi connectivity index (χ1v) is 7.88. The number of benzene rings is 2. The molecule has 0 fully saturated rings. The molecule has 1 aromatic heterocycles. The van der Waals surface area contributed by atoms with Crippen molar-refractivity contribution < 1.29 is 14.3 Å². The number of esters is 1. The van der Waals surface area contributed by atoms with Gasteiger partial charge in [-0.05, 0) is 22.9 Å². The summed E-state index contributed by atoms with van der Waals surface area (Å²) in [5.74, 6) is 0.459. The minimum absolute atomic E-state index is 0.214. The summed E-state index contributed by atoms with van der Waals surface area (Å²) in [6.45, 7) is 0.304. The van der Waals surface area contributed by atoms with Crippen molar-refractivity contribution in [2.24, 2.45) is 0 Å². The molecule has 4 heteroatoms. The molecular weight excluding hydrogens is 296 g/mol. The Bertz CT molecular complexity index is 792. The Morgan fingerprint density at radius 1 is 1.05 bits per heavy atom. The third-order valence-corrected chi connectivity index (χ3v) is 4.49. The van der Waals surface area contributed by atoms with Gasteiger partial charge >= 0.3 is 5.97 Å². The number of fused-ring (bicyclic) bond motifs is 1. The second-order valence-electron chi connectivity index (χ2n) is 4.91. The van der Waals surface area contributed by atoms with Crippen LogP contribution in [-0.2, 0) is 22.6 Å². The van der Waals surface area contributed by atoms with Crippen LogP contribution in [0, 0.1) is 0 Å². The second-order valence-corrected chi connectivity index (χ2v) is 5.82. The molecule has 0 amide bonds. The smallest absolute Gasteiger partial charge is 0.310 e. The van der Waals surface area contributed by atoms with Gasteiger partial charge in [-0.2, -0.15) is 0 Å². The molecule has 0 N–H and O–H groups in total. The first kappa shape index (κ1) is 14.6. The molecule has 22 heavy (non-hydrogen) atoms. The van der Waals surface area contributed by atoms with E-state index in [4.69, 9.17) is 9.47 Å². The third-order valence-electron chi connectivity index (χ3n) is 3.48. The highest BCUT2D eigenvalue weighted by Crippen LogP contribution is 2.26. The molecule has 2 aromatic carbocycles. The average molecular weight is 312 g/mol. The summed E-state index contributed by atoms with van der Waals surface area (Å²) < 4.78 is 11.9. The molecule has 0 saturated carbocycles. The van der Waals surface area contributed by atoms with E-state index >= 15 is 0 Å². The monoisotopic (exact) mass is 312 g/mol. The van der Waals surface area contributed by atoms with Crippen LogP contribution in [0.4, 0.5) is 0 Å². The van der Waals surface area contributed by atoms with Gasteiger partial charge in [0.2, 0.25) is 0 Å². The molecule has 0 saturated heterocycles. The molecule has 3 aromatic rings. The zero-order valence-electron chi connectivity index (χ0n) is 12.2. The van der Waals surface area contributed by atoms with E-state index in [0.29, 0.717) is 12.4 Å². The highest BCUT2D eigenvalue weighted by molar-refractivity contribution is 7.17. The van der Waals surface area contributed by atoms with E-state index in [1.165, 1.54) is 4.70 Å². The van der Waals surface area contributed by atoms with Crippen LogP contribution in [0.1, 0.15) is 11.1 Å². The van der Waals surface area contributed by atoms with Crippen molar-refractivity contribution in [2.45, 2.75) is 13.0 Å². The molecule has 3 nitrogen and oxygen atoms in total. The van der Waals surface area contributed by atoms with Crippen LogP contribution in [0.25, 0.3) is 10.1 Å². The largest absolute Gasteiger partial charge is 0.496 e. The number of para-hydroxylation sites is 1. The molecule has 0 atom stereocenters. The van der Waals surface area contributed by atoms with Crippen LogP contribution in [0.3, 0.4) is 0 Å². The summed E-state index contributed by atoms with van der Waals surface area (Å²) in [5.41, 5.74) is 1.89. The van der Waals surface area contributed by atoms with Gasteiger partial charge in [-0.1, -0.05) is 36.4 Å². The molecule has 0 spiro atoms. The number of ether oxygens (including phenoxy) is 2. The fraction of sp³-hybridized carbons (Fsp3) is 0.167. The highest BCUT2D eigenvalue weighted by atomic mass is 32.1. The number of methoxy groups -OCH3 is 1. The predicted molar refractivity (Wildman–Crippen MR) is 88.3 cm³/mol. The second kappa shape index (κ2) is 6.62. The number of hydrogen-bond acceptors (Lipinski definition) is 4. The van der Waals surface area contributed by atoms with E-state index in [0.717, 1.165) is 16.5 Å². The van der Waals surface area contributed by atoms with Crippen LogP contribution in [0.15, 0.2) is 53.9 Å². The quantitative estimate of drug-likeness (QED) is 0.663. The molecule has 0 aliphatic carbocycles. The van der Waals surface area contributed by atoms with Gasteiger partial charge in [0.15, 0.2) is 0 Å². The van der Waals surface area contributed by atoms with Crippen LogP contribution >= 0.6 is 11.3 Å². The van der Waals surface area contributed by atoms with Crippen molar-refractivity contribution in [1.82, 2.24) is 0 Å². The lowest BCUT2D eigenvalue weighted by Crippen LogP contribution is -2.08. The van der Waals surface area contributed by atoms with Crippen LogP contribution in [0.5, 0.6) is 5.75 Å². The van der Waals surface area contributed by atoms with Crippen molar-refractivity contribution in [3.8, 4) is 5.75 Å². The van der Waals surface area contributed by atoms with Crippen molar-refractivity contribution in [1.29, 1.82) is 0 Å². The minimum atomic E-state index is -0.250. The lowest BCUT2D eigenvalue weighted by atomic mass is 10.1. The summed E-state index contributed by atoms with van der Waals surface area (Å²) in [6, 6.07) is 15.6. The number of rotatable bonds is 5.